The van der Waals surface area contributed by atoms with Crippen molar-refractivity contribution in [3.05, 3.63) is 11.1 Å². The number of aliphatic hydroxyl groups is 1. The zero-order valence-corrected chi connectivity index (χ0v) is 20.3. The Morgan fingerprint density at radius 1 is 1.06 bits per heavy atom. The highest BCUT2D eigenvalue weighted by atomic mass is 16.5. The van der Waals surface area contributed by atoms with Gasteiger partial charge in [0.05, 0.1) is 17.8 Å². The molecule has 0 amide bonds. The maximum atomic E-state index is 10.3. The summed E-state index contributed by atoms with van der Waals surface area (Å²) in [4.78, 5) is 0. The summed E-state index contributed by atoms with van der Waals surface area (Å²) in [7, 11) is 0. The lowest BCUT2D eigenvalue weighted by Gasteiger charge is -2.53. The number of ether oxygens (including phenoxy) is 1. The standard InChI is InChI=1S/C28H45NO2/c1-16-11-25-26(29-15-16)18(3)28(31-25)10-8-21-22-6-5-19-12-20(30)7-9-27(19,4)24(22)13-23(21)17(2)14-28/h16,18-22,24-26,29-30H,5-15H2,1-4H3/t16-,18+,19+,20?,21-,22-,24-,25+,26-,27-,28-/m0/s1. The van der Waals surface area contributed by atoms with Gasteiger partial charge >= 0.3 is 0 Å². The summed E-state index contributed by atoms with van der Waals surface area (Å²) in [6, 6.07) is 0.558. The first-order chi connectivity index (χ1) is 14.8. The summed E-state index contributed by atoms with van der Waals surface area (Å²) >= 11 is 0. The van der Waals surface area contributed by atoms with Crippen molar-refractivity contribution in [2.45, 2.75) is 116 Å². The molecular weight excluding hydrogens is 382 g/mol. The van der Waals surface area contributed by atoms with Crippen molar-refractivity contribution in [2.75, 3.05) is 6.54 Å². The zero-order chi connectivity index (χ0) is 21.5. The van der Waals surface area contributed by atoms with Crippen LogP contribution in [0.3, 0.4) is 0 Å². The van der Waals surface area contributed by atoms with Crippen LogP contribution >= 0.6 is 0 Å². The summed E-state index contributed by atoms with van der Waals surface area (Å²) in [5.41, 5.74) is 4.06. The monoisotopic (exact) mass is 427 g/mol. The van der Waals surface area contributed by atoms with E-state index < -0.39 is 0 Å². The highest BCUT2D eigenvalue weighted by Gasteiger charge is 2.59. The highest BCUT2D eigenvalue weighted by Crippen LogP contribution is 2.65. The maximum absolute atomic E-state index is 10.3. The lowest BCUT2D eigenvalue weighted by Crippen LogP contribution is -2.48. The molecule has 3 nitrogen and oxygen atoms in total. The van der Waals surface area contributed by atoms with Gasteiger partial charge in [-0.15, -0.1) is 0 Å². The van der Waals surface area contributed by atoms with E-state index in [0.29, 0.717) is 23.5 Å². The van der Waals surface area contributed by atoms with Crippen LogP contribution in [0.2, 0.25) is 0 Å². The van der Waals surface area contributed by atoms with Gasteiger partial charge in [0, 0.05) is 12.0 Å². The van der Waals surface area contributed by atoms with Crippen molar-refractivity contribution in [3.8, 4) is 0 Å². The molecule has 0 aromatic rings. The minimum Gasteiger partial charge on any atom is -0.393 e. The molecule has 2 heterocycles. The van der Waals surface area contributed by atoms with Crippen molar-refractivity contribution >= 4 is 0 Å². The molecular formula is C28H45NO2. The third-order valence-corrected chi connectivity index (χ3v) is 11.6. The molecule has 1 unspecified atom stereocenters. The molecule has 0 aromatic heterocycles. The van der Waals surface area contributed by atoms with Crippen molar-refractivity contribution in [1.82, 2.24) is 5.32 Å². The first-order valence-electron chi connectivity index (χ1n) is 13.6. The molecule has 174 valence electrons. The van der Waals surface area contributed by atoms with Crippen LogP contribution in [0.25, 0.3) is 0 Å². The van der Waals surface area contributed by atoms with Gasteiger partial charge in [0.25, 0.3) is 0 Å². The van der Waals surface area contributed by atoms with E-state index in [4.69, 9.17) is 4.74 Å². The van der Waals surface area contributed by atoms with Gasteiger partial charge in [-0.3, -0.25) is 0 Å². The maximum Gasteiger partial charge on any atom is 0.0765 e. The van der Waals surface area contributed by atoms with Crippen LogP contribution in [-0.4, -0.2) is 35.5 Å². The fourth-order valence-electron chi connectivity index (χ4n) is 9.80. The minimum absolute atomic E-state index is 0.0387. The molecule has 11 atom stereocenters. The Hall–Kier alpha value is -0.380. The lowest BCUT2D eigenvalue weighted by atomic mass is 9.52. The molecule has 2 aliphatic heterocycles. The van der Waals surface area contributed by atoms with Gasteiger partial charge in [-0.05, 0) is 113 Å². The molecule has 0 bridgehead atoms. The third-order valence-electron chi connectivity index (χ3n) is 11.6. The van der Waals surface area contributed by atoms with E-state index in [-0.39, 0.29) is 11.7 Å². The number of allylic oxidation sites excluding steroid dienone is 1. The Bertz CT molecular complexity index is 762. The Morgan fingerprint density at radius 3 is 2.74 bits per heavy atom. The van der Waals surface area contributed by atoms with Crippen molar-refractivity contribution in [2.24, 2.45) is 40.9 Å². The molecule has 6 aliphatic rings. The fraction of sp³-hybridized carbons (Fsp3) is 0.929. The number of piperidine rings is 1. The predicted molar refractivity (Wildman–Crippen MR) is 125 cm³/mol. The molecule has 0 aromatic carbocycles. The average molecular weight is 428 g/mol. The van der Waals surface area contributed by atoms with Crippen LogP contribution in [0, 0.1) is 40.9 Å². The average Bonchev–Trinajstić information content (AvgIpc) is 3.19. The number of hydrogen-bond donors (Lipinski definition) is 2. The topological polar surface area (TPSA) is 41.5 Å². The van der Waals surface area contributed by atoms with E-state index in [9.17, 15) is 5.11 Å². The lowest BCUT2D eigenvalue weighted by molar-refractivity contribution is -0.0795. The molecule has 2 saturated heterocycles. The quantitative estimate of drug-likeness (QED) is 0.504. The number of hydrogen-bond acceptors (Lipinski definition) is 3. The molecule has 1 spiro atoms. The van der Waals surface area contributed by atoms with Crippen LogP contribution < -0.4 is 5.32 Å². The molecule has 31 heavy (non-hydrogen) atoms. The summed E-state index contributed by atoms with van der Waals surface area (Å²) in [5.74, 6) is 4.64. The molecule has 0 radical (unpaired) electrons. The largest absolute Gasteiger partial charge is 0.393 e. The summed E-state index contributed by atoms with van der Waals surface area (Å²) in [6.07, 6.45) is 12.8. The van der Waals surface area contributed by atoms with Crippen LogP contribution in [0.1, 0.15) is 91.9 Å². The van der Waals surface area contributed by atoms with Gasteiger partial charge in [0.15, 0.2) is 0 Å². The Morgan fingerprint density at radius 2 is 1.90 bits per heavy atom. The Kier molecular flexibility index (Phi) is 4.99. The minimum atomic E-state index is -0.0387. The van der Waals surface area contributed by atoms with Crippen molar-refractivity contribution < 1.29 is 9.84 Å². The van der Waals surface area contributed by atoms with E-state index in [0.717, 1.165) is 49.0 Å². The predicted octanol–water partition coefficient (Wildman–Crippen LogP) is 5.47. The summed E-state index contributed by atoms with van der Waals surface area (Å²) in [5, 5.41) is 14.2. The third kappa shape index (κ3) is 3.08. The number of nitrogens with one attached hydrogen (secondary N) is 1. The normalized spacial score (nSPS) is 56.6. The number of aliphatic hydroxyl groups excluding tert-OH is 1. The smallest absolute Gasteiger partial charge is 0.0765 e. The second kappa shape index (κ2) is 7.31. The van der Waals surface area contributed by atoms with Crippen LogP contribution in [0.4, 0.5) is 0 Å². The second-order valence-electron chi connectivity index (χ2n) is 13.1. The van der Waals surface area contributed by atoms with Crippen LogP contribution in [-0.2, 0) is 4.74 Å². The second-order valence-corrected chi connectivity index (χ2v) is 13.1. The molecule has 6 rings (SSSR count). The first-order valence-corrected chi connectivity index (χ1v) is 13.6. The molecule has 3 heteroatoms. The Labute approximate surface area is 189 Å². The van der Waals surface area contributed by atoms with Gasteiger partial charge in [-0.2, -0.15) is 0 Å². The Balaban J connectivity index is 1.27. The fourth-order valence-corrected chi connectivity index (χ4v) is 9.80. The SMILES string of the molecule is CC1=C2C[C@H]3[C@@H](CC[C@@H]4CC(O)CC[C@@]43C)[C@@H]2CC[C@@]2(C1)O[C@@H]1C[C@H](C)CN[C@H]1[C@H]2C. The van der Waals surface area contributed by atoms with Crippen molar-refractivity contribution in [3.63, 3.8) is 0 Å². The zero-order valence-electron chi connectivity index (χ0n) is 20.3. The first kappa shape index (κ1) is 21.2. The summed E-state index contributed by atoms with van der Waals surface area (Å²) < 4.78 is 7.02. The van der Waals surface area contributed by atoms with Gasteiger partial charge in [-0.1, -0.05) is 31.9 Å². The summed E-state index contributed by atoms with van der Waals surface area (Å²) in [6.45, 7) is 11.1. The van der Waals surface area contributed by atoms with E-state index in [2.05, 4.69) is 33.0 Å². The number of fused-ring (bicyclic) bond motifs is 6. The van der Waals surface area contributed by atoms with Crippen LogP contribution in [0.5, 0.6) is 0 Å². The molecule has 4 aliphatic carbocycles. The van der Waals surface area contributed by atoms with E-state index >= 15 is 0 Å². The van der Waals surface area contributed by atoms with E-state index in [1.807, 2.05) is 5.57 Å². The van der Waals surface area contributed by atoms with Gasteiger partial charge in [0.1, 0.15) is 0 Å². The van der Waals surface area contributed by atoms with Gasteiger partial charge in [0.2, 0.25) is 0 Å². The van der Waals surface area contributed by atoms with E-state index in [1.54, 1.807) is 5.57 Å². The van der Waals surface area contributed by atoms with E-state index in [1.165, 1.54) is 51.4 Å². The van der Waals surface area contributed by atoms with Gasteiger partial charge in [-0.25, -0.2) is 0 Å². The number of rotatable bonds is 0. The molecule has 2 N–H and O–H groups in total. The van der Waals surface area contributed by atoms with Crippen LogP contribution in [0.15, 0.2) is 11.1 Å². The molecule has 3 saturated carbocycles. The molecule has 5 fully saturated rings. The highest BCUT2D eigenvalue weighted by molar-refractivity contribution is 5.29. The van der Waals surface area contributed by atoms with Crippen molar-refractivity contribution in [1.29, 1.82) is 0 Å². The van der Waals surface area contributed by atoms with Gasteiger partial charge < -0.3 is 15.2 Å².